The molecule has 2 aromatic rings. The molecule has 0 aromatic heterocycles. The second-order valence-electron chi connectivity index (χ2n) is 6.99. The molecular formula is C22H29NaO5S. The van der Waals surface area contributed by atoms with Crippen molar-refractivity contribution in [2.75, 3.05) is 0 Å². The first-order valence-electron chi connectivity index (χ1n) is 9.96. The van der Waals surface area contributed by atoms with E-state index in [1.165, 1.54) is 62.8 Å². The van der Waals surface area contributed by atoms with Gasteiger partial charge in [-0.25, -0.2) is 0 Å². The smallest absolute Gasteiger partial charge is 0.870 e. The second kappa shape index (κ2) is 13.3. The molecular weight excluding hydrogens is 399 g/mol. The van der Waals surface area contributed by atoms with E-state index in [1.807, 2.05) is 0 Å². The Labute approximate surface area is 196 Å². The fourth-order valence-electron chi connectivity index (χ4n) is 3.15. The average molecular weight is 429 g/mol. The van der Waals surface area contributed by atoms with E-state index in [-0.39, 0.29) is 51.7 Å². The van der Waals surface area contributed by atoms with Crippen LogP contribution >= 0.6 is 0 Å². The van der Waals surface area contributed by atoms with Crippen LogP contribution in [0.3, 0.4) is 0 Å². The third-order valence-corrected chi connectivity index (χ3v) is 5.60. The summed E-state index contributed by atoms with van der Waals surface area (Å²) in [5, 5.41) is 12.6. The molecule has 0 spiro atoms. The van der Waals surface area contributed by atoms with Crippen molar-refractivity contribution in [2.45, 2.75) is 69.6 Å². The first kappa shape index (κ1) is 26.0. The van der Waals surface area contributed by atoms with Crippen LogP contribution in [0.1, 0.15) is 63.9 Å². The molecule has 0 aliphatic carbocycles. The quantitative estimate of drug-likeness (QED) is 0.319. The minimum atomic E-state index is -4.43. The van der Waals surface area contributed by atoms with E-state index in [4.69, 9.17) is 4.74 Å². The molecule has 154 valence electrons. The normalized spacial score (nSPS) is 11.1. The molecule has 0 radical (unpaired) electrons. The van der Waals surface area contributed by atoms with E-state index in [0.717, 1.165) is 12.8 Å². The second-order valence-corrected chi connectivity index (χ2v) is 8.38. The topological polar surface area (TPSA) is 86.7 Å². The maximum atomic E-state index is 12.6. The zero-order valence-corrected chi connectivity index (χ0v) is 20.2. The number of ether oxygens (including phenoxy) is 1. The van der Waals surface area contributed by atoms with Crippen LogP contribution in [0, 0.1) is 0 Å². The van der Waals surface area contributed by atoms with Crippen LogP contribution in [0.25, 0.3) is 0 Å². The summed E-state index contributed by atoms with van der Waals surface area (Å²) in [6.45, 7) is 2.21. The fraction of sp³-hybridized carbons (Fsp3) is 0.455. The van der Waals surface area contributed by atoms with Gasteiger partial charge in [-0.05, 0) is 31.0 Å². The largest absolute Gasteiger partial charge is 1.00 e. The Kier molecular flexibility index (Phi) is 11.9. The maximum Gasteiger partial charge on any atom is 1.00 e. The molecule has 0 aliphatic heterocycles. The molecule has 0 saturated heterocycles. The van der Waals surface area contributed by atoms with Crippen LogP contribution in [-0.2, 0) is 16.5 Å². The first-order valence-corrected chi connectivity index (χ1v) is 11.4. The number of benzene rings is 2. The van der Waals surface area contributed by atoms with E-state index in [9.17, 15) is 18.1 Å². The van der Waals surface area contributed by atoms with Crippen molar-refractivity contribution in [3.8, 4) is 17.2 Å². The van der Waals surface area contributed by atoms with Gasteiger partial charge in [0, 0.05) is 0 Å². The van der Waals surface area contributed by atoms with Gasteiger partial charge >= 0.3 is 29.6 Å². The molecule has 0 atom stereocenters. The van der Waals surface area contributed by atoms with Crippen LogP contribution in [0.2, 0.25) is 0 Å². The predicted octanol–water partition coefficient (Wildman–Crippen LogP) is 2.49. The molecule has 0 saturated carbocycles. The summed E-state index contributed by atoms with van der Waals surface area (Å²) in [4.78, 5) is -0.358. The van der Waals surface area contributed by atoms with Crippen LogP contribution in [0.5, 0.6) is 17.2 Å². The summed E-state index contributed by atoms with van der Waals surface area (Å²) in [5.41, 5.74) is 0.660. The SMILES string of the molecule is CCCCCCCCCCc1cccc(Oc2ccccc2S(=O)(=O)O)c1[O-].[Na+]. The molecule has 29 heavy (non-hydrogen) atoms. The number of hydrogen-bond acceptors (Lipinski definition) is 4. The predicted molar refractivity (Wildman–Crippen MR) is 109 cm³/mol. The maximum absolute atomic E-state index is 12.6. The van der Waals surface area contributed by atoms with Gasteiger partial charge in [0.25, 0.3) is 10.1 Å². The number of unbranched alkanes of at least 4 members (excludes halogenated alkanes) is 7. The zero-order valence-electron chi connectivity index (χ0n) is 17.4. The van der Waals surface area contributed by atoms with Crippen molar-refractivity contribution < 1.29 is 52.4 Å². The molecule has 0 fully saturated rings. The summed E-state index contributed by atoms with van der Waals surface area (Å²) < 4.78 is 37.8. The van der Waals surface area contributed by atoms with Crippen molar-refractivity contribution in [1.29, 1.82) is 0 Å². The molecule has 1 N–H and O–H groups in total. The van der Waals surface area contributed by atoms with Crippen LogP contribution in [0.4, 0.5) is 0 Å². The molecule has 2 aromatic carbocycles. The van der Waals surface area contributed by atoms with Crippen LogP contribution in [0.15, 0.2) is 47.4 Å². The Morgan fingerprint density at radius 2 is 1.45 bits per heavy atom. The molecule has 5 nitrogen and oxygen atoms in total. The summed E-state index contributed by atoms with van der Waals surface area (Å²) in [6.07, 6.45) is 10.2. The molecule has 0 unspecified atom stereocenters. The van der Waals surface area contributed by atoms with Gasteiger partial charge in [-0.3, -0.25) is 4.55 Å². The summed E-state index contributed by atoms with van der Waals surface area (Å²) in [7, 11) is -4.43. The van der Waals surface area contributed by atoms with Crippen LogP contribution in [-0.4, -0.2) is 13.0 Å². The van der Waals surface area contributed by atoms with E-state index in [0.29, 0.717) is 12.0 Å². The van der Waals surface area contributed by atoms with E-state index in [1.54, 1.807) is 18.2 Å². The van der Waals surface area contributed by atoms with Gasteiger partial charge in [-0.1, -0.05) is 87.4 Å². The summed E-state index contributed by atoms with van der Waals surface area (Å²) in [5.74, 6) is -0.241. The minimum absolute atomic E-state index is 0. The van der Waals surface area contributed by atoms with Crippen LogP contribution < -0.4 is 39.4 Å². The van der Waals surface area contributed by atoms with Gasteiger partial charge < -0.3 is 9.84 Å². The van der Waals surface area contributed by atoms with Gasteiger partial charge in [-0.15, -0.1) is 0 Å². The summed E-state index contributed by atoms with van der Waals surface area (Å²) in [6, 6.07) is 10.7. The molecule has 0 aliphatic rings. The van der Waals surface area contributed by atoms with Gasteiger partial charge in [-0.2, -0.15) is 8.42 Å². The molecule has 0 bridgehead atoms. The Bertz CT molecular complexity index is 852. The van der Waals surface area contributed by atoms with Gasteiger partial charge in [0.15, 0.2) is 0 Å². The number of aryl methyl sites for hydroxylation is 1. The Morgan fingerprint density at radius 3 is 2.10 bits per heavy atom. The fourth-order valence-corrected chi connectivity index (χ4v) is 3.77. The van der Waals surface area contributed by atoms with E-state index >= 15 is 0 Å². The minimum Gasteiger partial charge on any atom is -0.870 e. The molecule has 0 amide bonds. The third kappa shape index (κ3) is 8.69. The van der Waals surface area contributed by atoms with Crippen molar-refractivity contribution in [3.05, 3.63) is 48.0 Å². The number of hydrogen-bond donors (Lipinski definition) is 1. The third-order valence-electron chi connectivity index (χ3n) is 4.71. The van der Waals surface area contributed by atoms with E-state index < -0.39 is 10.1 Å². The zero-order chi connectivity index (χ0) is 20.4. The van der Waals surface area contributed by atoms with Gasteiger partial charge in [0.1, 0.15) is 16.4 Å². The van der Waals surface area contributed by atoms with E-state index in [2.05, 4.69) is 6.92 Å². The van der Waals surface area contributed by atoms with Gasteiger partial charge in [0.05, 0.1) is 0 Å². The number of rotatable bonds is 12. The molecule has 2 rings (SSSR count). The summed E-state index contributed by atoms with van der Waals surface area (Å²) >= 11 is 0. The van der Waals surface area contributed by atoms with Crippen molar-refractivity contribution in [3.63, 3.8) is 0 Å². The average Bonchev–Trinajstić information content (AvgIpc) is 2.66. The first-order chi connectivity index (χ1) is 13.4. The Balaban J connectivity index is 0.00000420. The number of para-hydroxylation sites is 2. The Morgan fingerprint density at radius 1 is 0.862 bits per heavy atom. The molecule has 7 heteroatoms. The Hall–Kier alpha value is -1.05. The molecule has 0 heterocycles. The monoisotopic (exact) mass is 428 g/mol. The van der Waals surface area contributed by atoms with Crippen molar-refractivity contribution >= 4 is 10.1 Å². The standard InChI is InChI=1S/C22H30O5S.Na/c1-2-3-4-5-6-7-8-9-13-18-14-12-16-20(22(18)23)27-19-15-10-11-17-21(19)28(24,25)26;/h10-12,14-17,23H,2-9,13H2,1H3,(H,24,25,26);/q;+1/p-1. The van der Waals surface area contributed by atoms with Gasteiger partial charge in [0.2, 0.25) is 0 Å². The van der Waals surface area contributed by atoms with Crippen molar-refractivity contribution in [1.82, 2.24) is 0 Å². The van der Waals surface area contributed by atoms with Crippen molar-refractivity contribution in [2.24, 2.45) is 0 Å².